The summed E-state index contributed by atoms with van der Waals surface area (Å²) in [5.41, 5.74) is 5.86. The highest BCUT2D eigenvalue weighted by Gasteiger charge is 2.21. The molecule has 5 heteroatoms. The van der Waals surface area contributed by atoms with Crippen molar-refractivity contribution in [2.24, 2.45) is 5.73 Å². The molecule has 16 heavy (non-hydrogen) atoms. The van der Waals surface area contributed by atoms with Gasteiger partial charge in [0.25, 0.3) is 0 Å². The van der Waals surface area contributed by atoms with E-state index in [1.54, 1.807) is 18.4 Å². The fraction of sp³-hybridized carbons (Fsp3) is 0.636. The van der Waals surface area contributed by atoms with E-state index in [9.17, 15) is 0 Å². The third kappa shape index (κ3) is 3.53. The fourth-order valence-electron chi connectivity index (χ4n) is 1.65. The van der Waals surface area contributed by atoms with Crippen LogP contribution in [0, 0.1) is 0 Å². The number of hydrogen-bond acceptors (Lipinski definition) is 4. The molecule has 0 fully saturated rings. The van der Waals surface area contributed by atoms with Gasteiger partial charge >= 0.3 is 0 Å². The Morgan fingerprint density at radius 2 is 2.31 bits per heavy atom. The van der Waals surface area contributed by atoms with Gasteiger partial charge in [-0.25, -0.2) is 0 Å². The van der Waals surface area contributed by atoms with Crippen molar-refractivity contribution < 1.29 is 4.74 Å². The van der Waals surface area contributed by atoms with Crippen LogP contribution in [0.2, 0.25) is 0 Å². The van der Waals surface area contributed by atoms with Crippen molar-refractivity contribution in [3.05, 3.63) is 20.8 Å². The number of nitrogens with two attached hydrogens (primary N) is 1. The molecule has 0 aliphatic rings. The Balaban J connectivity index is 2.73. The van der Waals surface area contributed by atoms with Gasteiger partial charge in [-0.2, -0.15) is 0 Å². The van der Waals surface area contributed by atoms with Crippen LogP contribution in [0.3, 0.4) is 0 Å². The van der Waals surface area contributed by atoms with Crippen molar-refractivity contribution in [2.45, 2.75) is 19.0 Å². The molecule has 0 radical (unpaired) electrons. The van der Waals surface area contributed by atoms with Crippen molar-refractivity contribution in [3.8, 4) is 0 Å². The lowest BCUT2D eigenvalue weighted by atomic mass is 10.1. The number of thiophene rings is 1. The maximum atomic E-state index is 5.86. The Kier molecular flexibility index (Phi) is 5.92. The van der Waals surface area contributed by atoms with Gasteiger partial charge in [0.15, 0.2) is 0 Å². The molecular formula is C11H19BrN2OS. The van der Waals surface area contributed by atoms with E-state index >= 15 is 0 Å². The standard InChI is InChI=1S/C11H19BrN2OS/c1-8(6-15-3)14(2)10(5-13)11-4-9(12)7-16-11/h4,7-8,10H,5-6,13H2,1-3H3. The van der Waals surface area contributed by atoms with Crippen LogP contribution in [0.4, 0.5) is 0 Å². The minimum absolute atomic E-state index is 0.265. The molecule has 1 aromatic rings. The second-order valence-corrected chi connectivity index (χ2v) is 5.75. The molecule has 0 aliphatic heterocycles. The zero-order valence-electron chi connectivity index (χ0n) is 9.94. The molecule has 3 nitrogen and oxygen atoms in total. The molecule has 0 amide bonds. The quantitative estimate of drug-likeness (QED) is 0.877. The van der Waals surface area contributed by atoms with E-state index in [0.717, 1.165) is 11.1 Å². The van der Waals surface area contributed by atoms with E-state index in [-0.39, 0.29) is 6.04 Å². The summed E-state index contributed by atoms with van der Waals surface area (Å²) >= 11 is 5.21. The van der Waals surface area contributed by atoms with Crippen LogP contribution >= 0.6 is 27.3 Å². The predicted molar refractivity (Wildman–Crippen MR) is 72.9 cm³/mol. The largest absolute Gasteiger partial charge is 0.383 e. The van der Waals surface area contributed by atoms with Crippen molar-refractivity contribution >= 4 is 27.3 Å². The molecular weight excluding hydrogens is 288 g/mol. The van der Waals surface area contributed by atoms with E-state index in [0.29, 0.717) is 12.6 Å². The number of halogens is 1. The Labute approximate surface area is 110 Å². The third-order valence-electron chi connectivity index (χ3n) is 2.73. The number of ether oxygens (including phenoxy) is 1. The van der Waals surface area contributed by atoms with Gasteiger partial charge in [-0.1, -0.05) is 0 Å². The highest BCUT2D eigenvalue weighted by Crippen LogP contribution is 2.29. The van der Waals surface area contributed by atoms with E-state index in [1.807, 2.05) is 0 Å². The first-order valence-corrected chi connectivity index (χ1v) is 6.92. The van der Waals surface area contributed by atoms with Crippen LogP contribution in [-0.4, -0.2) is 38.3 Å². The lowest BCUT2D eigenvalue weighted by Crippen LogP contribution is -2.38. The van der Waals surface area contributed by atoms with Crippen molar-refractivity contribution in [1.82, 2.24) is 4.90 Å². The molecule has 1 rings (SSSR count). The minimum Gasteiger partial charge on any atom is -0.383 e. The third-order valence-corrected chi connectivity index (χ3v) is 4.53. The van der Waals surface area contributed by atoms with Gasteiger partial charge < -0.3 is 10.5 Å². The first-order chi connectivity index (χ1) is 7.60. The molecule has 1 heterocycles. The first kappa shape index (κ1) is 14.1. The Morgan fingerprint density at radius 1 is 1.62 bits per heavy atom. The summed E-state index contributed by atoms with van der Waals surface area (Å²) in [5, 5.41) is 2.09. The lowest BCUT2D eigenvalue weighted by Gasteiger charge is -2.31. The normalized spacial score (nSPS) is 15.4. The van der Waals surface area contributed by atoms with Crippen LogP contribution < -0.4 is 5.73 Å². The molecule has 0 spiro atoms. The van der Waals surface area contributed by atoms with Crippen LogP contribution in [0.15, 0.2) is 15.9 Å². The Hall–Kier alpha value is 0.0600. The summed E-state index contributed by atoms with van der Waals surface area (Å²) in [7, 11) is 3.82. The molecule has 1 aromatic heterocycles. The maximum absolute atomic E-state index is 5.86. The summed E-state index contributed by atoms with van der Waals surface area (Å²) in [5.74, 6) is 0. The van der Waals surface area contributed by atoms with Gasteiger partial charge in [0.05, 0.1) is 12.6 Å². The zero-order valence-corrected chi connectivity index (χ0v) is 12.3. The van der Waals surface area contributed by atoms with Gasteiger partial charge in [0, 0.05) is 34.4 Å². The molecule has 0 aliphatic carbocycles. The van der Waals surface area contributed by atoms with Gasteiger partial charge in [-0.05, 0) is 36.0 Å². The molecule has 0 aromatic carbocycles. The molecule has 0 saturated heterocycles. The zero-order chi connectivity index (χ0) is 12.1. The Bertz CT molecular complexity index is 319. The summed E-state index contributed by atoms with van der Waals surface area (Å²) in [4.78, 5) is 3.56. The fourth-order valence-corrected chi connectivity index (χ4v) is 3.26. The van der Waals surface area contributed by atoms with Crippen LogP contribution in [0.5, 0.6) is 0 Å². The average Bonchev–Trinajstić information content (AvgIpc) is 2.66. The number of methoxy groups -OCH3 is 1. The van der Waals surface area contributed by atoms with Crippen molar-refractivity contribution in [1.29, 1.82) is 0 Å². The molecule has 2 N–H and O–H groups in total. The van der Waals surface area contributed by atoms with Gasteiger partial charge in [-0.3, -0.25) is 4.90 Å². The lowest BCUT2D eigenvalue weighted by molar-refractivity contribution is 0.0920. The first-order valence-electron chi connectivity index (χ1n) is 5.25. The highest BCUT2D eigenvalue weighted by molar-refractivity contribution is 9.10. The summed E-state index contributed by atoms with van der Waals surface area (Å²) in [6.07, 6.45) is 0. The number of likely N-dealkylation sites (N-methyl/N-ethyl adjacent to an activating group) is 1. The molecule has 2 unspecified atom stereocenters. The minimum atomic E-state index is 0.265. The van der Waals surface area contributed by atoms with Crippen molar-refractivity contribution in [3.63, 3.8) is 0 Å². The monoisotopic (exact) mass is 306 g/mol. The van der Waals surface area contributed by atoms with Gasteiger partial charge in [0.1, 0.15) is 0 Å². The number of nitrogens with zero attached hydrogens (tertiary/aromatic N) is 1. The summed E-state index contributed by atoms with van der Waals surface area (Å²) in [6.45, 7) is 3.49. The van der Waals surface area contributed by atoms with Crippen LogP contribution in [0.25, 0.3) is 0 Å². The second kappa shape index (κ2) is 6.71. The van der Waals surface area contributed by atoms with E-state index in [2.05, 4.69) is 46.2 Å². The van der Waals surface area contributed by atoms with E-state index in [1.165, 1.54) is 4.88 Å². The van der Waals surface area contributed by atoms with E-state index < -0.39 is 0 Å². The van der Waals surface area contributed by atoms with Crippen LogP contribution in [0.1, 0.15) is 17.8 Å². The Morgan fingerprint density at radius 3 is 2.75 bits per heavy atom. The topological polar surface area (TPSA) is 38.5 Å². The predicted octanol–water partition coefficient (Wildman–Crippen LogP) is 2.48. The molecule has 92 valence electrons. The SMILES string of the molecule is COCC(C)N(C)C(CN)c1cc(Br)cs1. The van der Waals surface area contributed by atoms with Crippen molar-refractivity contribution in [2.75, 3.05) is 27.3 Å². The summed E-state index contributed by atoms with van der Waals surface area (Å²) < 4.78 is 6.30. The smallest absolute Gasteiger partial charge is 0.0615 e. The molecule has 0 bridgehead atoms. The summed E-state index contributed by atoms with van der Waals surface area (Å²) in [6, 6.07) is 2.76. The number of rotatable bonds is 6. The average molecular weight is 307 g/mol. The van der Waals surface area contributed by atoms with Crippen LogP contribution in [-0.2, 0) is 4.74 Å². The van der Waals surface area contributed by atoms with Gasteiger partial charge in [0.2, 0.25) is 0 Å². The maximum Gasteiger partial charge on any atom is 0.0615 e. The molecule has 2 atom stereocenters. The highest BCUT2D eigenvalue weighted by atomic mass is 79.9. The molecule has 0 saturated carbocycles. The van der Waals surface area contributed by atoms with Gasteiger partial charge in [-0.15, -0.1) is 11.3 Å². The number of hydrogen-bond donors (Lipinski definition) is 1. The second-order valence-electron chi connectivity index (χ2n) is 3.89. The van der Waals surface area contributed by atoms with E-state index in [4.69, 9.17) is 10.5 Å².